The average molecular weight is 201 g/mol. The second-order valence-electron chi connectivity index (χ2n) is 5.75. The fraction of sp³-hybridized carbons (Fsp3) is 1.00. The van der Waals surface area contributed by atoms with E-state index in [9.17, 15) is 5.11 Å². The Labute approximate surface area is 87.1 Å². The van der Waals surface area contributed by atoms with Crippen LogP contribution in [-0.2, 0) is 4.74 Å². The fourth-order valence-electron chi connectivity index (χ4n) is 2.94. The number of hydrogen-bond acceptors (Lipinski definition) is 3. The number of nitrogens with zero attached hydrogens (tertiary/aromatic N) is 1. The summed E-state index contributed by atoms with van der Waals surface area (Å²) < 4.78 is 5.27. The van der Waals surface area contributed by atoms with Crippen molar-refractivity contribution in [2.75, 3.05) is 33.9 Å². The highest BCUT2D eigenvalue weighted by Gasteiger charge is 2.50. The van der Waals surface area contributed by atoms with Gasteiger partial charge in [-0.3, -0.25) is 0 Å². The Morgan fingerprint density at radius 3 is 1.93 bits per heavy atom. The molecule has 3 heteroatoms. The number of rotatable bonds is 3. The van der Waals surface area contributed by atoms with Gasteiger partial charge in [0.2, 0.25) is 0 Å². The molecular formula is C11H23NO2. The van der Waals surface area contributed by atoms with Crippen molar-refractivity contribution in [1.82, 2.24) is 4.90 Å². The van der Waals surface area contributed by atoms with Crippen molar-refractivity contribution in [3.63, 3.8) is 0 Å². The smallest absolute Gasteiger partial charge is 0.0582 e. The predicted molar refractivity (Wildman–Crippen MR) is 57.3 cm³/mol. The molecule has 0 aliphatic carbocycles. The van der Waals surface area contributed by atoms with Crippen molar-refractivity contribution in [2.45, 2.75) is 26.8 Å². The lowest BCUT2D eigenvalue weighted by atomic mass is 9.67. The van der Waals surface area contributed by atoms with Gasteiger partial charge in [0.25, 0.3) is 0 Å². The predicted octanol–water partition coefficient (Wildman–Crippen LogP) is 0.972. The van der Waals surface area contributed by atoms with Gasteiger partial charge in [0.1, 0.15) is 0 Å². The molecule has 1 rings (SSSR count). The minimum absolute atomic E-state index is 0.0538. The third kappa shape index (κ3) is 1.95. The van der Waals surface area contributed by atoms with Crippen LogP contribution in [0.5, 0.6) is 0 Å². The number of aliphatic hydroxyl groups is 1. The van der Waals surface area contributed by atoms with E-state index in [0.717, 1.165) is 0 Å². The van der Waals surface area contributed by atoms with E-state index in [0.29, 0.717) is 19.3 Å². The van der Waals surface area contributed by atoms with Crippen LogP contribution in [-0.4, -0.2) is 50.0 Å². The molecule has 0 spiro atoms. The maximum Gasteiger partial charge on any atom is 0.0582 e. The highest BCUT2D eigenvalue weighted by atomic mass is 16.5. The minimum atomic E-state index is -0.0538. The second-order valence-corrected chi connectivity index (χ2v) is 5.75. The van der Waals surface area contributed by atoms with Crippen molar-refractivity contribution < 1.29 is 9.84 Å². The van der Waals surface area contributed by atoms with E-state index < -0.39 is 0 Å². The maximum absolute atomic E-state index is 9.51. The van der Waals surface area contributed by atoms with E-state index in [2.05, 4.69) is 39.8 Å². The molecule has 0 aromatic rings. The molecule has 0 saturated carbocycles. The van der Waals surface area contributed by atoms with Gasteiger partial charge in [-0.25, -0.2) is 0 Å². The summed E-state index contributed by atoms with van der Waals surface area (Å²) in [6.07, 6.45) is 0. The Morgan fingerprint density at radius 1 is 1.36 bits per heavy atom. The molecule has 0 aromatic carbocycles. The lowest BCUT2D eigenvalue weighted by Gasteiger charge is -2.53. The monoisotopic (exact) mass is 201 g/mol. The third-order valence-corrected chi connectivity index (χ3v) is 3.01. The molecule has 0 radical (unpaired) electrons. The van der Waals surface area contributed by atoms with Crippen molar-refractivity contribution >= 4 is 0 Å². The molecule has 1 aliphatic rings. The van der Waals surface area contributed by atoms with E-state index in [1.165, 1.54) is 0 Å². The summed E-state index contributed by atoms with van der Waals surface area (Å²) in [6, 6.07) is 0.355. The van der Waals surface area contributed by atoms with E-state index in [-0.39, 0.29) is 17.4 Å². The Kier molecular flexibility index (Phi) is 3.24. The van der Waals surface area contributed by atoms with E-state index >= 15 is 0 Å². The standard InChI is InChI=1S/C11H23NO2/c1-10(2,3)9(12(4)5)11(6-13)7-14-8-11/h9,13H,6-8H2,1-5H3. The zero-order chi connectivity index (χ0) is 11.0. The van der Waals surface area contributed by atoms with Gasteiger partial charge in [-0.2, -0.15) is 0 Å². The highest BCUT2D eigenvalue weighted by molar-refractivity contribution is 5.01. The summed E-state index contributed by atoms with van der Waals surface area (Å²) in [5.41, 5.74) is 0.109. The average Bonchev–Trinajstić information content (AvgIpc) is 1.92. The molecule has 1 unspecified atom stereocenters. The van der Waals surface area contributed by atoms with Crippen LogP contribution >= 0.6 is 0 Å². The summed E-state index contributed by atoms with van der Waals surface area (Å²) >= 11 is 0. The summed E-state index contributed by atoms with van der Waals surface area (Å²) in [7, 11) is 4.15. The zero-order valence-corrected chi connectivity index (χ0v) is 10.0. The topological polar surface area (TPSA) is 32.7 Å². The van der Waals surface area contributed by atoms with Crippen LogP contribution in [0.15, 0.2) is 0 Å². The number of ether oxygens (including phenoxy) is 1. The SMILES string of the molecule is CN(C)C(C(C)(C)C)C1(CO)COC1. The van der Waals surface area contributed by atoms with Crippen molar-refractivity contribution in [1.29, 1.82) is 0 Å². The molecule has 1 atom stereocenters. The van der Waals surface area contributed by atoms with Gasteiger partial charge in [0.15, 0.2) is 0 Å². The first-order chi connectivity index (χ1) is 6.33. The van der Waals surface area contributed by atoms with Gasteiger partial charge in [-0.05, 0) is 19.5 Å². The lowest BCUT2D eigenvalue weighted by Crippen LogP contribution is -2.63. The third-order valence-electron chi connectivity index (χ3n) is 3.01. The van der Waals surface area contributed by atoms with Crippen LogP contribution in [0, 0.1) is 10.8 Å². The second kappa shape index (κ2) is 3.80. The highest BCUT2D eigenvalue weighted by Crippen LogP contribution is 2.41. The van der Waals surface area contributed by atoms with Gasteiger partial charge in [-0.15, -0.1) is 0 Å². The first-order valence-corrected chi connectivity index (χ1v) is 5.18. The van der Waals surface area contributed by atoms with E-state index in [1.807, 2.05) is 0 Å². The van der Waals surface area contributed by atoms with Gasteiger partial charge < -0.3 is 14.7 Å². The van der Waals surface area contributed by atoms with Gasteiger partial charge in [0, 0.05) is 6.04 Å². The molecule has 1 aliphatic heterocycles. The Bertz CT molecular complexity index is 186. The Hall–Kier alpha value is -0.120. The normalized spacial score (nSPS) is 23.4. The largest absolute Gasteiger partial charge is 0.396 e. The molecular weight excluding hydrogens is 178 g/mol. The van der Waals surface area contributed by atoms with Gasteiger partial charge in [-0.1, -0.05) is 20.8 Å². The molecule has 0 amide bonds. The Morgan fingerprint density at radius 2 is 1.86 bits per heavy atom. The van der Waals surface area contributed by atoms with Gasteiger partial charge in [0.05, 0.1) is 25.2 Å². The molecule has 1 saturated heterocycles. The van der Waals surface area contributed by atoms with Crippen LogP contribution in [0.1, 0.15) is 20.8 Å². The number of aliphatic hydroxyl groups excluding tert-OH is 1. The summed E-state index contributed by atoms with van der Waals surface area (Å²) in [4.78, 5) is 2.21. The summed E-state index contributed by atoms with van der Waals surface area (Å²) in [5.74, 6) is 0. The van der Waals surface area contributed by atoms with Crippen LogP contribution < -0.4 is 0 Å². The molecule has 84 valence electrons. The van der Waals surface area contributed by atoms with Crippen LogP contribution in [0.2, 0.25) is 0 Å². The molecule has 0 aromatic heterocycles. The molecule has 14 heavy (non-hydrogen) atoms. The van der Waals surface area contributed by atoms with Crippen molar-refractivity contribution in [3.8, 4) is 0 Å². The minimum Gasteiger partial charge on any atom is -0.396 e. The summed E-state index contributed by atoms with van der Waals surface area (Å²) in [6.45, 7) is 8.23. The first kappa shape index (κ1) is 12.0. The molecule has 1 N–H and O–H groups in total. The maximum atomic E-state index is 9.51. The zero-order valence-electron chi connectivity index (χ0n) is 10.0. The van der Waals surface area contributed by atoms with E-state index in [4.69, 9.17) is 4.74 Å². The van der Waals surface area contributed by atoms with Crippen LogP contribution in [0.4, 0.5) is 0 Å². The molecule has 1 heterocycles. The Balaban J connectivity index is 2.87. The van der Waals surface area contributed by atoms with Gasteiger partial charge >= 0.3 is 0 Å². The molecule has 1 fully saturated rings. The van der Waals surface area contributed by atoms with Crippen molar-refractivity contribution in [2.24, 2.45) is 10.8 Å². The van der Waals surface area contributed by atoms with E-state index in [1.54, 1.807) is 0 Å². The van der Waals surface area contributed by atoms with Crippen LogP contribution in [0.25, 0.3) is 0 Å². The van der Waals surface area contributed by atoms with Crippen LogP contribution in [0.3, 0.4) is 0 Å². The molecule has 0 bridgehead atoms. The van der Waals surface area contributed by atoms with Crippen molar-refractivity contribution in [3.05, 3.63) is 0 Å². The summed E-state index contributed by atoms with van der Waals surface area (Å²) in [5, 5.41) is 9.51. The lowest BCUT2D eigenvalue weighted by molar-refractivity contribution is -0.189. The first-order valence-electron chi connectivity index (χ1n) is 5.18. The molecule has 3 nitrogen and oxygen atoms in total. The number of hydrogen-bond donors (Lipinski definition) is 1. The fourth-order valence-corrected chi connectivity index (χ4v) is 2.94. The quantitative estimate of drug-likeness (QED) is 0.738.